The molecule has 2 aromatic rings. The number of hydrogen-bond acceptors (Lipinski definition) is 2. The van der Waals surface area contributed by atoms with E-state index in [4.69, 9.17) is 11.1 Å². The molecular weight excluding hydrogens is 248 g/mol. The summed E-state index contributed by atoms with van der Waals surface area (Å²) in [5.74, 6) is -0.0285. The topological polar surface area (TPSA) is 53.1 Å². The number of benzene rings is 2. The number of halogens is 2. The predicted octanol–water partition coefficient (Wildman–Crippen LogP) is 2.83. The number of anilines is 1. The second-order valence-corrected chi connectivity index (χ2v) is 4.36. The van der Waals surface area contributed by atoms with Gasteiger partial charge in [0.2, 0.25) is 0 Å². The van der Waals surface area contributed by atoms with Crippen molar-refractivity contribution in [2.45, 2.75) is 6.43 Å². The summed E-state index contributed by atoms with van der Waals surface area (Å²) in [7, 11) is 1.63. The Hall–Kier alpha value is -2.17. The van der Waals surface area contributed by atoms with Crippen LogP contribution < -0.4 is 10.6 Å². The number of nitrogen functional groups attached to an aromatic ring is 1. The number of nitrogens with two attached hydrogens (primary N) is 1. The van der Waals surface area contributed by atoms with Crippen molar-refractivity contribution in [1.82, 2.24) is 0 Å². The molecule has 0 aliphatic heterocycles. The highest BCUT2D eigenvalue weighted by Crippen LogP contribution is 2.29. The first-order valence-electron chi connectivity index (χ1n) is 5.86. The maximum atomic E-state index is 12.5. The van der Waals surface area contributed by atoms with Crippen molar-refractivity contribution in [3.05, 3.63) is 42.0 Å². The van der Waals surface area contributed by atoms with Gasteiger partial charge < -0.3 is 10.6 Å². The Bertz CT molecular complexity index is 611. The minimum atomic E-state index is -2.39. The number of nitrogens with one attached hydrogen (secondary N) is 1. The van der Waals surface area contributed by atoms with Crippen LogP contribution in [-0.2, 0) is 0 Å². The summed E-state index contributed by atoms with van der Waals surface area (Å²) in [5.41, 5.74) is 6.86. The zero-order chi connectivity index (χ0) is 14.0. The summed E-state index contributed by atoms with van der Waals surface area (Å²) >= 11 is 0. The molecule has 0 aromatic heterocycles. The fraction of sp³-hybridized carbons (Fsp3) is 0.214. The molecule has 2 aromatic carbocycles. The molecule has 0 bridgehead atoms. The van der Waals surface area contributed by atoms with Crippen molar-refractivity contribution in [2.24, 2.45) is 5.73 Å². The van der Waals surface area contributed by atoms with E-state index in [2.05, 4.69) is 0 Å². The van der Waals surface area contributed by atoms with Gasteiger partial charge >= 0.3 is 0 Å². The van der Waals surface area contributed by atoms with Crippen LogP contribution in [0.5, 0.6) is 0 Å². The Morgan fingerprint density at radius 2 is 1.84 bits per heavy atom. The summed E-state index contributed by atoms with van der Waals surface area (Å²) in [5, 5.41) is 9.17. The lowest BCUT2D eigenvalue weighted by Gasteiger charge is -2.21. The Labute approximate surface area is 110 Å². The molecule has 3 nitrogen and oxygen atoms in total. The van der Waals surface area contributed by atoms with Gasteiger partial charge in [-0.3, -0.25) is 5.41 Å². The van der Waals surface area contributed by atoms with Crippen molar-refractivity contribution in [1.29, 1.82) is 5.41 Å². The second-order valence-electron chi connectivity index (χ2n) is 4.36. The minimum Gasteiger partial charge on any atom is -0.384 e. The summed E-state index contributed by atoms with van der Waals surface area (Å²) in [6.07, 6.45) is -2.39. The van der Waals surface area contributed by atoms with Crippen LogP contribution in [0.4, 0.5) is 14.5 Å². The first-order valence-corrected chi connectivity index (χ1v) is 5.86. The molecule has 0 fully saturated rings. The van der Waals surface area contributed by atoms with Crippen LogP contribution in [0, 0.1) is 5.41 Å². The van der Waals surface area contributed by atoms with Crippen LogP contribution in [0.1, 0.15) is 5.56 Å². The summed E-state index contributed by atoms with van der Waals surface area (Å²) in [6.45, 7) is -0.330. The molecular formula is C14H15F2N3. The molecule has 0 amide bonds. The number of rotatable bonds is 4. The van der Waals surface area contributed by atoms with Crippen LogP contribution in [0.25, 0.3) is 10.8 Å². The Kier molecular flexibility index (Phi) is 3.64. The zero-order valence-electron chi connectivity index (χ0n) is 10.5. The van der Waals surface area contributed by atoms with E-state index < -0.39 is 6.43 Å². The highest BCUT2D eigenvalue weighted by molar-refractivity contribution is 6.10. The third kappa shape index (κ3) is 2.65. The molecule has 5 heteroatoms. The van der Waals surface area contributed by atoms with Gasteiger partial charge in [0.25, 0.3) is 6.43 Å². The fourth-order valence-corrected chi connectivity index (χ4v) is 2.16. The van der Waals surface area contributed by atoms with E-state index >= 15 is 0 Å². The largest absolute Gasteiger partial charge is 0.384 e. The molecule has 0 heterocycles. The van der Waals surface area contributed by atoms with Gasteiger partial charge in [-0.1, -0.05) is 24.3 Å². The monoisotopic (exact) mass is 263 g/mol. The summed E-state index contributed by atoms with van der Waals surface area (Å²) in [6, 6.07) is 10.8. The van der Waals surface area contributed by atoms with Gasteiger partial charge in [0.05, 0.1) is 6.54 Å². The van der Waals surface area contributed by atoms with Gasteiger partial charge in [0.1, 0.15) is 5.84 Å². The summed E-state index contributed by atoms with van der Waals surface area (Å²) < 4.78 is 25.0. The SMILES string of the molecule is CN(CC(F)F)c1ccc(C(=N)N)c2ccccc12. The first-order chi connectivity index (χ1) is 9.00. The standard InChI is InChI=1S/C14H15F2N3/c1-19(8-13(15)16)12-7-6-11(14(17)18)9-4-2-3-5-10(9)12/h2-7,13H,8H2,1H3,(H3,17,18). The zero-order valence-corrected chi connectivity index (χ0v) is 10.5. The molecule has 3 N–H and O–H groups in total. The number of fused-ring (bicyclic) bond motifs is 1. The normalized spacial score (nSPS) is 10.9. The quantitative estimate of drug-likeness (QED) is 0.658. The van der Waals surface area contributed by atoms with E-state index in [1.165, 1.54) is 4.90 Å². The van der Waals surface area contributed by atoms with Gasteiger partial charge in [0, 0.05) is 23.7 Å². The van der Waals surface area contributed by atoms with E-state index in [0.29, 0.717) is 11.3 Å². The maximum absolute atomic E-state index is 12.5. The van der Waals surface area contributed by atoms with Crippen LogP contribution in [0.15, 0.2) is 36.4 Å². The Morgan fingerprint density at radius 1 is 1.21 bits per heavy atom. The van der Waals surface area contributed by atoms with E-state index in [0.717, 1.165) is 10.8 Å². The molecule has 2 rings (SSSR count). The van der Waals surface area contributed by atoms with E-state index in [1.54, 1.807) is 19.2 Å². The van der Waals surface area contributed by atoms with Crippen molar-refractivity contribution in [3.63, 3.8) is 0 Å². The van der Waals surface area contributed by atoms with Gasteiger partial charge in [-0.25, -0.2) is 8.78 Å². The van der Waals surface area contributed by atoms with Gasteiger partial charge in [-0.2, -0.15) is 0 Å². The third-order valence-corrected chi connectivity index (χ3v) is 3.01. The molecule has 0 atom stereocenters. The molecule has 0 saturated heterocycles. The van der Waals surface area contributed by atoms with Crippen molar-refractivity contribution in [2.75, 3.05) is 18.5 Å². The third-order valence-electron chi connectivity index (χ3n) is 3.01. The number of nitrogens with zero attached hydrogens (tertiary/aromatic N) is 1. The van der Waals surface area contributed by atoms with E-state index in [1.807, 2.05) is 24.3 Å². The number of alkyl halides is 2. The lowest BCUT2D eigenvalue weighted by Crippen LogP contribution is -2.24. The Balaban J connectivity index is 2.58. The molecule has 0 aliphatic rings. The first kappa shape index (κ1) is 13.3. The molecule has 0 unspecified atom stereocenters. The summed E-state index contributed by atoms with van der Waals surface area (Å²) in [4.78, 5) is 1.51. The number of amidine groups is 1. The lowest BCUT2D eigenvalue weighted by molar-refractivity contribution is 0.156. The van der Waals surface area contributed by atoms with Crippen LogP contribution in [-0.4, -0.2) is 25.9 Å². The van der Waals surface area contributed by atoms with Crippen LogP contribution >= 0.6 is 0 Å². The molecule has 19 heavy (non-hydrogen) atoms. The fourth-order valence-electron chi connectivity index (χ4n) is 2.16. The van der Waals surface area contributed by atoms with Crippen LogP contribution in [0.2, 0.25) is 0 Å². The van der Waals surface area contributed by atoms with Gasteiger partial charge in [-0.05, 0) is 17.5 Å². The van der Waals surface area contributed by atoms with Crippen molar-refractivity contribution >= 4 is 22.3 Å². The van der Waals surface area contributed by atoms with Gasteiger partial charge in [0.15, 0.2) is 0 Å². The van der Waals surface area contributed by atoms with Crippen molar-refractivity contribution < 1.29 is 8.78 Å². The predicted molar refractivity (Wildman–Crippen MR) is 74.2 cm³/mol. The molecule has 0 saturated carbocycles. The average molecular weight is 263 g/mol. The molecule has 0 radical (unpaired) electrons. The highest BCUT2D eigenvalue weighted by Gasteiger charge is 2.13. The molecule has 0 spiro atoms. The maximum Gasteiger partial charge on any atom is 0.255 e. The highest BCUT2D eigenvalue weighted by atomic mass is 19.3. The number of hydrogen-bond donors (Lipinski definition) is 2. The van der Waals surface area contributed by atoms with E-state index in [9.17, 15) is 8.78 Å². The second kappa shape index (κ2) is 5.22. The van der Waals surface area contributed by atoms with Gasteiger partial charge in [-0.15, -0.1) is 0 Å². The van der Waals surface area contributed by atoms with E-state index in [-0.39, 0.29) is 12.4 Å². The minimum absolute atomic E-state index is 0.0285. The average Bonchev–Trinajstić information content (AvgIpc) is 2.36. The lowest BCUT2D eigenvalue weighted by atomic mass is 10.0. The smallest absolute Gasteiger partial charge is 0.255 e. The molecule has 0 aliphatic carbocycles. The molecule has 100 valence electrons. The van der Waals surface area contributed by atoms with Crippen LogP contribution in [0.3, 0.4) is 0 Å². The Morgan fingerprint density at radius 3 is 2.42 bits per heavy atom. The van der Waals surface area contributed by atoms with Crippen molar-refractivity contribution in [3.8, 4) is 0 Å².